The van der Waals surface area contributed by atoms with E-state index in [0.717, 1.165) is 4.90 Å². The summed E-state index contributed by atoms with van der Waals surface area (Å²) in [7, 11) is 3.17. The Balaban J connectivity index is 2.80. The van der Waals surface area contributed by atoms with Gasteiger partial charge < -0.3 is 4.90 Å². The van der Waals surface area contributed by atoms with Crippen molar-refractivity contribution in [1.29, 1.82) is 0 Å². The van der Waals surface area contributed by atoms with E-state index < -0.39 is 0 Å². The van der Waals surface area contributed by atoms with Gasteiger partial charge in [0.05, 0.1) is 5.75 Å². The van der Waals surface area contributed by atoms with Gasteiger partial charge in [-0.3, -0.25) is 4.79 Å². The van der Waals surface area contributed by atoms with E-state index in [9.17, 15) is 9.59 Å². The van der Waals surface area contributed by atoms with Gasteiger partial charge in [-0.15, -0.1) is 0 Å². The van der Waals surface area contributed by atoms with Crippen LogP contribution in [0.5, 0.6) is 0 Å². The minimum atomic E-state index is -0.366. The lowest BCUT2D eigenvalue weighted by molar-refractivity contribution is -0.122. The lowest BCUT2D eigenvalue weighted by Gasteiger charge is -2.17. The number of rotatable bonds is 0. The van der Waals surface area contributed by atoms with Gasteiger partial charge in [0.25, 0.3) is 0 Å². The molecule has 0 unspecified atom stereocenters. The molecule has 6 heteroatoms. The van der Waals surface area contributed by atoms with E-state index in [1.54, 1.807) is 14.1 Å². The Bertz CT molecular complexity index is 236. The van der Waals surface area contributed by atoms with Gasteiger partial charge in [0.15, 0.2) is 4.32 Å². The highest BCUT2D eigenvalue weighted by Gasteiger charge is 2.33. The lowest BCUT2D eigenvalue weighted by atomic mass is 10.6. The van der Waals surface area contributed by atoms with Crippen LogP contribution < -0.4 is 0 Å². The number of carbonyl (C=O) groups is 2. The van der Waals surface area contributed by atoms with Crippen molar-refractivity contribution < 1.29 is 9.59 Å². The average Bonchev–Trinajstić information content (AvgIpc) is 2.30. The summed E-state index contributed by atoms with van der Waals surface area (Å²) in [5, 5.41) is 0. The second-order valence-electron chi connectivity index (χ2n) is 2.46. The summed E-state index contributed by atoms with van der Waals surface area (Å²) in [5.41, 5.74) is 0. The molecule has 1 aliphatic heterocycles. The van der Waals surface area contributed by atoms with Crippen LogP contribution >= 0.6 is 24.0 Å². The molecule has 0 N–H and O–H groups in total. The van der Waals surface area contributed by atoms with Crippen LogP contribution in [0.25, 0.3) is 0 Å². The summed E-state index contributed by atoms with van der Waals surface area (Å²) in [6.07, 6.45) is 0. The maximum Gasteiger partial charge on any atom is 0.331 e. The van der Waals surface area contributed by atoms with Crippen LogP contribution in [0.4, 0.5) is 4.79 Å². The lowest BCUT2D eigenvalue weighted by Crippen LogP contribution is -2.41. The van der Waals surface area contributed by atoms with Gasteiger partial charge in [0.2, 0.25) is 5.91 Å². The summed E-state index contributed by atoms with van der Waals surface area (Å²) in [5.74, 6) is 0.0435. The first-order valence-electron chi connectivity index (χ1n) is 3.25. The molecule has 0 aromatic rings. The van der Waals surface area contributed by atoms with Crippen molar-refractivity contribution >= 4 is 40.2 Å². The van der Waals surface area contributed by atoms with Gasteiger partial charge >= 0.3 is 6.03 Å². The number of amides is 3. The van der Waals surface area contributed by atoms with Crippen molar-refractivity contribution in [3.63, 3.8) is 0 Å². The Kier molecular flexibility index (Phi) is 2.69. The maximum atomic E-state index is 11.3. The molecule has 1 saturated heterocycles. The van der Waals surface area contributed by atoms with Crippen molar-refractivity contribution in [2.75, 3.05) is 19.8 Å². The Hall–Kier alpha value is -0.620. The molecule has 3 amide bonds. The van der Waals surface area contributed by atoms with Gasteiger partial charge in [0, 0.05) is 14.1 Å². The Morgan fingerprint density at radius 1 is 1.67 bits per heavy atom. The van der Waals surface area contributed by atoms with Gasteiger partial charge in [-0.1, -0.05) is 24.0 Å². The first-order chi connectivity index (χ1) is 5.54. The minimum absolute atomic E-state index is 0.233. The fourth-order valence-electron chi connectivity index (χ4n) is 0.739. The second-order valence-corrected chi connectivity index (χ2v) is 4.07. The maximum absolute atomic E-state index is 11.3. The van der Waals surface area contributed by atoms with Gasteiger partial charge in [-0.2, -0.15) is 0 Å². The van der Waals surface area contributed by atoms with E-state index in [-0.39, 0.29) is 17.7 Å². The molecule has 1 fully saturated rings. The Labute approximate surface area is 79.9 Å². The summed E-state index contributed by atoms with van der Waals surface area (Å²) in [4.78, 5) is 24.8. The van der Waals surface area contributed by atoms with Crippen molar-refractivity contribution in [1.82, 2.24) is 9.80 Å². The third-order valence-corrected chi connectivity index (χ3v) is 2.68. The third kappa shape index (κ3) is 1.59. The van der Waals surface area contributed by atoms with Crippen LogP contribution in [0, 0.1) is 0 Å². The van der Waals surface area contributed by atoms with Crippen molar-refractivity contribution in [3.8, 4) is 0 Å². The fraction of sp³-hybridized carbons (Fsp3) is 0.500. The number of urea groups is 1. The number of carbonyl (C=O) groups excluding carboxylic acids is 2. The normalized spacial score (nSPS) is 17.0. The highest BCUT2D eigenvalue weighted by molar-refractivity contribution is 8.24. The summed E-state index contributed by atoms with van der Waals surface area (Å²) in [6.45, 7) is 0. The molecular formula is C6H8N2O2S2. The number of hydrogen-bond acceptors (Lipinski definition) is 4. The molecule has 66 valence electrons. The molecular weight excluding hydrogens is 196 g/mol. The standard InChI is InChI=1S/C6H8N2O2S2/c1-7(2)5(10)8-4(9)3-12-6(8)11/h3H2,1-2H3. The summed E-state index contributed by atoms with van der Waals surface area (Å²) < 4.78 is 0.346. The first kappa shape index (κ1) is 9.47. The predicted molar refractivity (Wildman–Crippen MR) is 51.0 cm³/mol. The van der Waals surface area contributed by atoms with Crippen LogP contribution in [0.1, 0.15) is 0 Å². The van der Waals surface area contributed by atoms with E-state index in [4.69, 9.17) is 12.2 Å². The molecule has 0 atom stereocenters. The molecule has 0 aliphatic carbocycles. The van der Waals surface area contributed by atoms with Gasteiger partial charge in [-0.25, -0.2) is 9.69 Å². The van der Waals surface area contributed by atoms with E-state index in [2.05, 4.69) is 0 Å². The van der Waals surface area contributed by atoms with Gasteiger partial charge in [0.1, 0.15) is 0 Å². The molecule has 0 radical (unpaired) electrons. The van der Waals surface area contributed by atoms with E-state index in [1.165, 1.54) is 16.7 Å². The zero-order chi connectivity index (χ0) is 9.30. The highest BCUT2D eigenvalue weighted by Crippen LogP contribution is 2.19. The molecule has 0 spiro atoms. The molecule has 0 aromatic carbocycles. The number of thioether (sulfide) groups is 1. The summed E-state index contributed by atoms with van der Waals surface area (Å²) >= 11 is 6.05. The molecule has 12 heavy (non-hydrogen) atoms. The van der Waals surface area contributed by atoms with Crippen molar-refractivity contribution in [3.05, 3.63) is 0 Å². The molecule has 4 nitrogen and oxygen atoms in total. The number of hydrogen-bond donors (Lipinski definition) is 0. The van der Waals surface area contributed by atoms with Crippen LogP contribution in [0.2, 0.25) is 0 Å². The van der Waals surface area contributed by atoms with Crippen LogP contribution in [0.3, 0.4) is 0 Å². The number of imide groups is 1. The molecule has 1 heterocycles. The highest BCUT2D eigenvalue weighted by atomic mass is 32.2. The minimum Gasteiger partial charge on any atom is -0.330 e. The second kappa shape index (κ2) is 3.40. The molecule has 1 rings (SSSR count). The first-order valence-corrected chi connectivity index (χ1v) is 4.64. The van der Waals surface area contributed by atoms with E-state index in [1.807, 2.05) is 0 Å². The Morgan fingerprint density at radius 2 is 2.25 bits per heavy atom. The van der Waals surface area contributed by atoms with Crippen molar-refractivity contribution in [2.45, 2.75) is 0 Å². The Morgan fingerprint density at radius 3 is 2.58 bits per heavy atom. The van der Waals surface area contributed by atoms with E-state index in [0.29, 0.717) is 4.32 Å². The fourth-order valence-corrected chi connectivity index (χ4v) is 1.78. The topological polar surface area (TPSA) is 40.6 Å². The summed E-state index contributed by atoms with van der Waals surface area (Å²) in [6, 6.07) is -0.366. The monoisotopic (exact) mass is 204 g/mol. The quantitative estimate of drug-likeness (QED) is 0.540. The smallest absolute Gasteiger partial charge is 0.330 e. The van der Waals surface area contributed by atoms with Crippen molar-refractivity contribution in [2.24, 2.45) is 0 Å². The van der Waals surface area contributed by atoms with E-state index >= 15 is 0 Å². The van der Waals surface area contributed by atoms with Gasteiger partial charge in [-0.05, 0) is 0 Å². The molecule has 1 aliphatic rings. The van der Waals surface area contributed by atoms with Crippen LogP contribution in [-0.2, 0) is 4.79 Å². The number of thiocarbonyl (C=S) groups is 1. The third-order valence-electron chi connectivity index (χ3n) is 1.32. The molecule has 0 saturated carbocycles. The molecule has 0 bridgehead atoms. The SMILES string of the molecule is CN(C)C(=O)N1C(=O)CSC1=S. The predicted octanol–water partition coefficient (Wildman–Crippen LogP) is 0.528. The zero-order valence-corrected chi connectivity index (χ0v) is 8.37. The average molecular weight is 204 g/mol. The zero-order valence-electron chi connectivity index (χ0n) is 6.73. The van der Waals surface area contributed by atoms with Crippen LogP contribution in [-0.4, -0.2) is 45.9 Å². The molecule has 0 aromatic heterocycles. The van der Waals surface area contributed by atoms with Crippen LogP contribution in [0.15, 0.2) is 0 Å². The number of nitrogens with zero attached hydrogens (tertiary/aromatic N) is 2. The largest absolute Gasteiger partial charge is 0.331 e.